The first kappa shape index (κ1) is 14.6. The minimum Gasteiger partial charge on any atom is -0.507 e. The first-order valence-electron chi connectivity index (χ1n) is 6.27. The summed E-state index contributed by atoms with van der Waals surface area (Å²) in [6, 6.07) is 9.43. The van der Waals surface area contributed by atoms with Crippen LogP contribution in [0, 0.1) is 10.1 Å². The number of ether oxygens (including phenoxy) is 1. The molecule has 6 heteroatoms. The summed E-state index contributed by atoms with van der Waals surface area (Å²) in [4.78, 5) is 12.3. The largest absolute Gasteiger partial charge is 0.507 e. The molecule has 0 aliphatic heterocycles. The fourth-order valence-electron chi connectivity index (χ4n) is 2.05. The summed E-state index contributed by atoms with van der Waals surface area (Å²) in [6.07, 6.45) is 0. The number of phenolic OH excluding ortho intramolecular Hbond substituents is 1. The van der Waals surface area contributed by atoms with Gasteiger partial charge in [0.1, 0.15) is 11.5 Å². The van der Waals surface area contributed by atoms with Crippen LogP contribution in [0.3, 0.4) is 0 Å². The molecule has 2 aromatic rings. The van der Waals surface area contributed by atoms with Crippen molar-refractivity contribution in [2.45, 2.75) is 0 Å². The Labute approximate surface area is 122 Å². The molecule has 0 heterocycles. The van der Waals surface area contributed by atoms with Gasteiger partial charge in [0, 0.05) is 49.1 Å². The van der Waals surface area contributed by atoms with E-state index >= 15 is 0 Å². The molecule has 2 aromatic carbocycles. The number of non-ortho nitro benzene ring substituents is 1. The zero-order valence-electron chi connectivity index (χ0n) is 12.0. The molecule has 0 fully saturated rings. The standard InChI is InChI=1S/C15H16N2O4/c1-16(2)10-4-6-12(14(18)9-10)13-8-11(17(19)20)5-7-15(13)21-3/h4-9,18H,1-3H3. The van der Waals surface area contributed by atoms with Gasteiger partial charge in [-0.2, -0.15) is 0 Å². The monoisotopic (exact) mass is 288 g/mol. The van der Waals surface area contributed by atoms with Crippen molar-refractivity contribution in [1.29, 1.82) is 0 Å². The van der Waals surface area contributed by atoms with E-state index in [0.717, 1.165) is 5.69 Å². The van der Waals surface area contributed by atoms with Gasteiger partial charge in [-0.15, -0.1) is 0 Å². The van der Waals surface area contributed by atoms with Gasteiger partial charge in [-0.1, -0.05) is 0 Å². The third-order valence-corrected chi connectivity index (χ3v) is 3.18. The molecule has 2 rings (SSSR count). The molecule has 0 spiro atoms. The predicted molar refractivity (Wildman–Crippen MR) is 81.1 cm³/mol. The van der Waals surface area contributed by atoms with Crippen LogP contribution in [-0.4, -0.2) is 31.2 Å². The van der Waals surface area contributed by atoms with Gasteiger partial charge in [0.05, 0.1) is 12.0 Å². The van der Waals surface area contributed by atoms with E-state index in [4.69, 9.17) is 4.74 Å². The van der Waals surface area contributed by atoms with Crippen molar-refractivity contribution in [1.82, 2.24) is 0 Å². The lowest BCUT2D eigenvalue weighted by molar-refractivity contribution is -0.384. The maximum Gasteiger partial charge on any atom is 0.270 e. The number of phenols is 1. The number of methoxy groups -OCH3 is 1. The summed E-state index contributed by atoms with van der Waals surface area (Å²) < 4.78 is 5.22. The van der Waals surface area contributed by atoms with Gasteiger partial charge in [-0.25, -0.2) is 0 Å². The van der Waals surface area contributed by atoms with E-state index in [2.05, 4.69) is 0 Å². The molecule has 0 unspecified atom stereocenters. The van der Waals surface area contributed by atoms with Gasteiger partial charge in [0.15, 0.2) is 0 Å². The molecule has 0 aromatic heterocycles. The van der Waals surface area contributed by atoms with Gasteiger partial charge < -0.3 is 14.7 Å². The zero-order chi connectivity index (χ0) is 15.6. The van der Waals surface area contributed by atoms with Crippen LogP contribution in [0.5, 0.6) is 11.5 Å². The number of aromatic hydroxyl groups is 1. The number of anilines is 1. The lowest BCUT2D eigenvalue weighted by Gasteiger charge is -2.15. The molecule has 0 saturated heterocycles. The average Bonchev–Trinajstić information content (AvgIpc) is 2.46. The van der Waals surface area contributed by atoms with E-state index in [0.29, 0.717) is 16.9 Å². The molecular weight excluding hydrogens is 272 g/mol. The fourth-order valence-corrected chi connectivity index (χ4v) is 2.05. The third kappa shape index (κ3) is 2.89. The lowest BCUT2D eigenvalue weighted by atomic mass is 10.0. The molecule has 21 heavy (non-hydrogen) atoms. The van der Waals surface area contributed by atoms with E-state index in [-0.39, 0.29) is 11.4 Å². The maximum atomic E-state index is 10.9. The van der Waals surface area contributed by atoms with Crippen molar-refractivity contribution >= 4 is 11.4 Å². The van der Waals surface area contributed by atoms with Crippen molar-refractivity contribution < 1.29 is 14.8 Å². The molecule has 0 aliphatic carbocycles. The second-order valence-electron chi connectivity index (χ2n) is 4.74. The molecule has 0 radical (unpaired) electrons. The third-order valence-electron chi connectivity index (χ3n) is 3.18. The molecule has 0 amide bonds. The van der Waals surface area contributed by atoms with E-state index in [1.54, 1.807) is 12.1 Å². The maximum absolute atomic E-state index is 10.9. The smallest absolute Gasteiger partial charge is 0.270 e. The molecule has 6 nitrogen and oxygen atoms in total. The topological polar surface area (TPSA) is 75.8 Å². The number of rotatable bonds is 4. The second kappa shape index (κ2) is 5.70. The quantitative estimate of drug-likeness (QED) is 0.691. The lowest BCUT2D eigenvalue weighted by Crippen LogP contribution is -2.08. The Hall–Kier alpha value is -2.76. The Balaban J connectivity index is 2.59. The number of hydrogen-bond acceptors (Lipinski definition) is 5. The predicted octanol–water partition coefficient (Wildman–Crippen LogP) is 3.04. The zero-order valence-corrected chi connectivity index (χ0v) is 12.0. The molecule has 110 valence electrons. The van der Waals surface area contributed by atoms with Crippen molar-refractivity contribution in [3.05, 3.63) is 46.5 Å². The summed E-state index contributed by atoms with van der Waals surface area (Å²) in [7, 11) is 5.21. The van der Waals surface area contributed by atoms with Crippen molar-refractivity contribution in [2.24, 2.45) is 0 Å². The number of benzene rings is 2. The number of nitrogens with zero attached hydrogens (tertiary/aromatic N) is 2. The number of hydrogen-bond donors (Lipinski definition) is 1. The Morgan fingerprint density at radius 2 is 1.86 bits per heavy atom. The summed E-state index contributed by atoms with van der Waals surface area (Å²) >= 11 is 0. The summed E-state index contributed by atoms with van der Waals surface area (Å²) in [5.74, 6) is 0.508. The highest BCUT2D eigenvalue weighted by Crippen LogP contribution is 2.39. The van der Waals surface area contributed by atoms with E-state index < -0.39 is 4.92 Å². The summed E-state index contributed by atoms with van der Waals surface area (Å²) in [5.41, 5.74) is 1.75. The second-order valence-corrected chi connectivity index (χ2v) is 4.74. The average molecular weight is 288 g/mol. The Morgan fingerprint density at radius 1 is 1.14 bits per heavy atom. The highest BCUT2D eigenvalue weighted by Gasteiger charge is 2.16. The van der Waals surface area contributed by atoms with Crippen LogP contribution >= 0.6 is 0 Å². The molecule has 0 aliphatic rings. The first-order valence-corrected chi connectivity index (χ1v) is 6.27. The molecule has 1 N–H and O–H groups in total. The molecule has 0 bridgehead atoms. The SMILES string of the molecule is COc1ccc([N+](=O)[O-])cc1-c1ccc(N(C)C)cc1O. The van der Waals surface area contributed by atoms with Gasteiger partial charge >= 0.3 is 0 Å². The van der Waals surface area contributed by atoms with Crippen LogP contribution in [0.4, 0.5) is 11.4 Å². The van der Waals surface area contributed by atoms with Crippen LogP contribution in [0.1, 0.15) is 0 Å². The van der Waals surface area contributed by atoms with Gasteiger partial charge in [0.25, 0.3) is 5.69 Å². The highest BCUT2D eigenvalue weighted by atomic mass is 16.6. The Bertz CT molecular complexity index is 683. The van der Waals surface area contributed by atoms with Gasteiger partial charge in [-0.05, 0) is 18.2 Å². The van der Waals surface area contributed by atoms with Crippen LogP contribution < -0.4 is 9.64 Å². The Kier molecular flexibility index (Phi) is 3.98. The van der Waals surface area contributed by atoms with E-state index in [1.807, 2.05) is 25.1 Å². The molecule has 0 saturated carbocycles. The first-order chi connectivity index (χ1) is 9.93. The number of nitro benzene ring substituents is 1. The summed E-state index contributed by atoms with van der Waals surface area (Å²) in [6.45, 7) is 0. The minimum absolute atomic E-state index is 0.0417. The minimum atomic E-state index is -0.478. The van der Waals surface area contributed by atoms with Gasteiger partial charge in [0.2, 0.25) is 0 Å². The van der Waals surface area contributed by atoms with Crippen LogP contribution in [0.15, 0.2) is 36.4 Å². The Morgan fingerprint density at radius 3 is 2.38 bits per heavy atom. The van der Waals surface area contributed by atoms with Crippen LogP contribution in [-0.2, 0) is 0 Å². The van der Waals surface area contributed by atoms with E-state index in [9.17, 15) is 15.2 Å². The molecule has 0 atom stereocenters. The van der Waals surface area contributed by atoms with Gasteiger partial charge in [-0.3, -0.25) is 10.1 Å². The summed E-state index contributed by atoms with van der Waals surface area (Å²) in [5, 5.41) is 21.1. The fraction of sp³-hybridized carbons (Fsp3) is 0.200. The number of nitro groups is 1. The normalized spacial score (nSPS) is 10.2. The highest BCUT2D eigenvalue weighted by molar-refractivity contribution is 5.79. The van der Waals surface area contributed by atoms with E-state index in [1.165, 1.54) is 25.3 Å². The molecular formula is C15H16N2O4. The van der Waals surface area contributed by atoms with Crippen LogP contribution in [0.2, 0.25) is 0 Å². The van der Waals surface area contributed by atoms with Crippen molar-refractivity contribution in [3.8, 4) is 22.6 Å². The van der Waals surface area contributed by atoms with Crippen molar-refractivity contribution in [2.75, 3.05) is 26.1 Å². The van der Waals surface area contributed by atoms with Crippen molar-refractivity contribution in [3.63, 3.8) is 0 Å². The van der Waals surface area contributed by atoms with Crippen LogP contribution in [0.25, 0.3) is 11.1 Å².